The van der Waals surface area contributed by atoms with E-state index >= 15 is 0 Å². The first-order valence-electron chi connectivity index (χ1n) is 7.54. The van der Waals surface area contributed by atoms with E-state index in [0.29, 0.717) is 36.0 Å². The molecule has 0 aliphatic carbocycles. The number of morpholine rings is 1. The Bertz CT molecular complexity index is 591. The van der Waals surface area contributed by atoms with Crippen LogP contribution in [0.3, 0.4) is 0 Å². The lowest BCUT2D eigenvalue weighted by Gasteiger charge is -2.33. The first-order valence-corrected chi connectivity index (χ1v) is 7.92. The molecular formula is C16H21ClN2O4. The van der Waals surface area contributed by atoms with Crippen LogP contribution in [0, 0.1) is 0 Å². The SMILES string of the molecule is CC(C)OC(=O)c1ccc(Cl)c(NC(=O)N2CCOC[C@H]2C)c1. The fourth-order valence-corrected chi connectivity index (χ4v) is 2.41. The number of nitrogens with zero attached hydrogens (tertiary/aromatic N) is 1. The van der Waals surface area contributed by atoms with Crippen molar-refractivity contribution in [1.29, 1.82) is 0 Å². The van der Waals surface area contributed by atoms with Crippen molar-refractivity contribution in [3.63, 3.8) is 0 Å². The van der Waals surface area contributed by atoms with Crippen LogP contribution in [0.25, 0.3) is 0 Å². The van der Waals surface area contributed by atoms with Crippen LogP contribution < -0.4 is 5.32 Å². The van der Waals surface area contributed by atoms with Crippen molar-refractivity contribution in [2.45, 2.75) is 32.9 Å². The molecule has 0 aromatic heterocycles. The summed E-state index contributed by atoms with van der Waals surface area (Å²) in [5.74, 6) is -0.452. The normalized spacial score (nSPS) is 18.0. The van der Waals surface area contributed by atoms with Gasteiger partial charge in [0.2, 0.25) is 0 Å². The Balaban J connectivity index is 2.12. The zero-order valence-corrected chi connectivity index (χ0v) is 14.2. The van der Waals surface area contributed by atoms with Crippen LogP contribution in [0.2, 0.25) is 5.02 Å². The van der Waals surface area contributed by atoms with Gasteiger partial charge in [0.05, 0.1) is 41.6 Å². The van der Waals surface area contributed by atoms with E-state index in [0.717, 1.165) is 0 Å². The molecule has 0 radical (unpaired) electrons. The van der Waals surface area contributed by atoms with Gasteiger partial charge in [-0.15, -0.1) is 0 Å². The lowest BCUT2D eigenvalue weighted by atomic mass is 10.2. The Labute approximate surface area is 140 Å². The minimum Gasteiger partial charge on any atom is -0.459 e. The predicted octanol–water partition coefficient (Wildman–Crippen LogP) is 3.16. The summed E-state index contributed by atoms with van der Waals surface area (Å²) in [6.45, 7) is 6.98. The van der Waals surface area contributed by atoms with E-state index in [1.807, 2.05) is 6.92 Å². The summed E-state index contributed by atoms with van der Waals surface area (Å²) in [4.78, 5) is 26.0. The maximum absolute atomic E-state index is 12.4. The third-order valence-electron chi connectivity index (χ3n) is 3.41. The Morgan fingerprint density at radius 3 is 2.83 bits per heavy atom. The third-order valence-corrected chi connectivity index (χ3v) is 3.74. The Morgan fingerprint density at radius 1 is 1.43 bits per heavy atom. The molecule has 6 nitrogen and oxygen atoms in total. The molecule has 1 aliphatic rings. The number of urea groups is 1. The highest BCUT2D eigenvalue weighted by Gasteiger charge is 2.24. The lowest BCUT2D eigenvalue weighted by molar-refractivity contribution is 0.0221. The van der Waals surface area contributed by atoms with Crippen LogP contribution in [-0.4, -0.2) is 48.8 Å². The number of ether oxygens (including phenoxy) is 2. The molecule has 1 saturated heterocycles. The number of anilines is 1. The van der Waals surface area contributed by atoms with E-state index in [1.165, 1.54) is 6.07 Å². The standard InChI is InChI=1S/C16H21ClN2O4/c1-10(2)23-15(20)12-4-5-13(17)14(8-12)18-16(21)19-6-7-22-9-11(19)3/h4-5,8,10-11H,6-7,9H2,1-3H3,(H,18,21)/t11-/m1/s1. The maximum Gasteiger partial charge on any atom is 0.338 e. The minimum atomic E-state index is -0.452. The fourth-order valence-electron chi connectivity index (χ4n) is 2.25. The molecule has 2 rings (SSSR count). The molecule has 0 unspecified atom stereocenters. The van der Waals surface area contributed by atoms with Gasteiger partial charge in [-0.1, -0.05) is 11.6 Å². The van der Waals surface area contributed by atoms with Gasteiger partial charge in [-0.25, -0.2) is 9.59 Å². The molecular weight excluding hydrogens is 320 g/mol. The Hall–Kier alpha value is -1.79. The number of rotatable bonds is 3. The average Bonchev–Trinajstić information content (AvgIpc) is 2.49. The van der Waals surface area contributed by atoms with E-state index in [1.54, 1.807) is 30.9 Å². The minimum absolute atomic E-state index is 0.0170. The van der Waals surface area contributed by atoms with Gasteiger partial charge in [-0.2, -0.15) is 0 Å². The first-order chi connectivity index (χ1) is 10.9. The predicted molar refractivity (Wildman–Crippen MR) is 88.0 cm³/mol. The molecule has 0 bridgehead atoms. The average molecular weight is 341 g/mol. The number of esters is 1. The van der Waals surface area contributed by atoms with Crippen molar-refractivity contribution in [3.8, 4) is 0 Å². The second kappa shape index (κ2) is 7.66. The summed E-state index contributed by atoms with van der Waals surface area (Å²) < 4.78 is 10.5. The number of halogens is 1. The van der Waals surface area contributed by atoms with Crippen LogP contribution in [0.15, 0.2) is 18.2 Å². The molecule has 1 aromatic carbocycles. The lowest BCUT2D eigenvalue weighted by Crippen LogP contribution is -2.48. The second-order valence-corrected chi connectivity index (χ2v) is 6.10. The largest absolute Gasteiger partial charge is 0.459 e. The van der Waals surface area contributed by atoms with Crippen molar-refractivity contribution in [2.24, 2.45) is 0 Å². The van der Waals surface area contributed by atoms with E-state index < -0.39 is 5.97 Å². The molecule has 1 aromatic rings. The van der Waals surface area contributed by atoms with Crippen molar-refractivity contribution < 1.29 is 19.1 Å². The highest BCUT2D eigenvalue weighted by Crippen LogP contribution is 2.24. The van der Waals surface area contributed by atoms with Crippen LogP contribution in [-0.2, 0) is 9.47 Å². The zero-order chi connectivity index (χ0) is 17.0. The smallest absolute Gasteiger partial charge is 0.338 e. The molecule has 1 fully saturated rings. The second-order valence-electron chi connectivity index (χ2n) is 5.70. The molecule has 7 heteroatoms. The number of nitrogens with one attached hydrogen (secondary N) is 1. The van der Waals surface area contributed by atoms with E-state index in [9.17, 15) is 9.59 Å². The Morgan fingerprint density at radius 2 is 2.17 bits per heavy atom. The van der Waals surface area contributed by atoms with Crippen molar-refractivity contribution in [1.82, 2.24) is 4.90 Å². The number of carbonyl (C=O) groups excluding carboxylic acids is 2. The third kappa shape index (κ3) is 4.59. The summed E-state index contributed by atoms with van der Waals surface area (Å²) in [5.41, 5.74) is 0.724. The molecule has 1 N–H and O–H groups in total. The van der Waals surface area contributed by atoms with Crippen molar-refractivity contribution >= 4 is 29.3 Å². The van der Waals surface area contributed by atoms with Gasteiger partial charge in [-0.3, -0.25) is 0 Å². The summed E-state index contributed by atoms with van der Waals surface area (Å²) in [6.07, 6.45) is -0.217. The highest BCUT2D eigenvalue weighted by atomic mass is 35.5. The maximum atomic E-state index is 12.4. The van der Waals surface area contributed by atoms with Crippen LogP contribution in [0.1, 0.15) is 31.1 Å². The van der Waals surface area contributed by atoms with Gasteiger partial charge >= 0.3 is 12.0 Å². The number of hydrogen-bond donors (Lipinski definition) is 1. The molecule has 1 heterocycles. The first kappa shape index (κ1) is 17.6. The zero-order valence-electron chi connectivity index (χ0n) is 13.5. The molecule has 1 atom stereocenters. The molecule has 2 amide bonds. The molecule has 1 aliphatic heterocycles. The molecule has 23 heavy (non-hydrogen) atoms. The van der Waals surface area contributed by atoms with Gasteiger partial charge in [0.25, 0.3) is 0 Å². The molecule has 126 valence electrons. The van der Waals surface area contributed by atoms with Crippen LogP contribution in [0.5, 0.6) is 0 Å². The highest BCUT2D eigenvalue weighted by molar-refractivity contribution is 6.33. The topological polar surface area (TPSA) is 67.9 Å². The number of carbonyl (C=O) groups is 2. The molecule has 0 saturated carbocycles. The number of amides is 2. The van der Waals surface area contributed by atoms with Crippen molar-refractivity contribution in [3.05, 3.63) is 28.8 Å². The number of hydrogen-bond acceptors (Lipinski definition) is 4. The van der Waals surface area contributed by atoms with E-state index in [-0.39, 0.29) is 18.2 Å². The summed E-state index contributed by atoms with van der Waals surface area (Å²) in [7, 11) is 0. The van der Waals surface area contributed by atoms with Gasteiger partial charge in [0.1, 0.15) is 0 Å². The summed E-state index contributed by atoms with van der Waals surface area (Å²) >= 11 is 6.12. The fraction of sp³-hybridized carbons (Fsp3) is 0.500. The van der Waals surface area contributed by atoms with E-state index in [4.69, 9.17) is 21.1 Å². The van der Waals surface area contributed by atoms with Crippen LogP contribution in [0.4, 0.5) is 10.5 Å². The quantitative estimate of drug-likeness (QED) is 0.858. The van der Waals surface area contributed by atoms with Gasteiger partial charge < -0.3 is 19.7 Å². The van der Waals surface area contributed by atoms with Crippen molar-refractivity contribution in [2.75, 3.05) is 25.1 Å². The summed E-state index contributed by atoms with van der Waals surface area (Å²) in [6, 6.07) is 4.38. The monoisotopic (exact) mass is 340 g/mol. The van der Waals surface area contributed by atoms with Gasteiger partial charge in [0.15, 0.2) is 0 Å². The number of benzene rings is 1. The molecule has 0 spiro atoms. The van der Waals surface area contributed by atoms with Gasteiger partial charge in [0, 0.05) is 6.54 Å². The van der Waals surface area contributed by atoms with E-state index in [2.05, 4.69) is 5.32 Å². The Kier molecular flexibility index (Phi) is 5.85. The summed E-state index contributed by atoms with van der Waals surface area (Å²) in [5, 5.41) is 3.11. The van der Waals surface area contributed by atoms with Gasteiger partial charge in [-0.05, 0) is 39.0 Å². The van der Waals surface area contributed by atoms with Crippen LogP contribution >= 0.6 is 11.6 Å².